The summed E-state index contributed by atoms with van der Waals surface area (Å²) in [4.78, 5) is 34.2. The molecule has 0 fully saturated rings. The van der Waals surface area contributed by atoms with Gasteiger partial charge in [0.25, 0.3) is 5.69 Å². The normalized spacial score (nSPS) is 13.7. The standard InChI is InChI=1S/C16H20N2O8/c1-9(17-15(20)26-16(2,3)4)14(19)23-7-10-5-12-13(25-8-24-12)6-11(10)18(21)22/h5-6,9H,7-8H2,1-4H3,(H,17,20)/t9-/m0/s1. The SMILES string of the molecule is C[C@H](NC(=O)OC(C)(C)C)C(=O)OCc1cc2c(cc1[N+](=O)[O-])OCO2. The van der Waals surface area contributed by atoms with Gasteiger partial charge in [0.15, 0.2) is 11.5 Å². The first kappa shape index (κ1) is 19.3. The summed E-state index contributed by atoms with van der Waals surface area (Å²) in [5, 5.41) is 13.5. The summed E-state index contributed by atoms with van der Waals surface area (Å²) >= 11 is 0. The maximum atomic E-state index is 12.0. The highest BCUT2D eigenvalue weighted by molar-refractivity contribution is 5.81. The second kappa shape index (κ2) is 7.46. The van der Waals surface area contributed by atoms with E-state index in [9.17, 15) is 19.7 Å². The van der Waals surface area contributed by atoms with E-state index in [0.29, 0.717) is 5.75 Å². The molecule has 10 nitrogen and oxygen atoms in total. The highest BCUT2D eigenvalue weighted by Crippen LogP contribution is 2.38. The molecule has 1 aliphatic heterocycles. The van der Waals surface area contributed by atoms with E-state index >= 15 is 0 Å². The lowest BCUT2D eigenvalue weighted by atomic mass is 10.1. The molecule has 10 heteroatoms. The molecular formula is C16H20N2O8. The summed E-state index contributed by atoms with van der Waals surface area (Å²) in [6.45, 7) is 6.09. The molecule has 0 spiro atoms. The van der Waals surface area contributed by atoms with E-state index in [-0.39, 0.29) is 30.4 Å². The van der Waals surface area contributed by atoms with Crippen LogP contribution in [0.1, 0.15) is 33.3 Å². The van der Waals surface area contributed by atoms with E-state index in [1.165, 1.54) is 19.1 Å². The largest absolute Gasteiger partial charge is 0.459 e. The number of nitro groups is 1. The lowest BCUT2D eigenvalue weighted by Gasteiger charge is -2.21. The van der Waals surface area contributed by atoms with Gasteiger partial charge in [-0.2, -0.15) is 0 Å². The van der Waals surface area contributed by atoms with E-state index in [2.05, 4.69) is 5.32 Å². The number of fused-ring (bicyclic) bond motifs is 1. The van der Waals surface area contributed by atoms with Crippen molar-refractivity contribution in [2.75, 3.05) is 6.79 Å². The highest BCUT2D eigenvalue weighted by atomic mass is 16.7. The molecule has 26 heavy (non-hydrogen) atoms. The molecular weight excluding hydrogens is 348 g/mol. The van der Waals surface area contributed by atoms with Gasteiger partial charge in [-0.15, -0.1) is 0 Å². The van der Waals surface area contributed by atoms with Crippen molar-refractivity contribution in [3.05, 3.63) is 27.8 Å². The Morgan fingerprint density at radius 3 is 2.50 bits per heavy atom. The molecule has 1 aromatic carbocycles. The van der Waals surface area contributed by atoms with E-state index in [4.69, 9.17) is 18.9 Å². The van der Waals surface area contributed by atoms with Crippen molar-refractivity contribution < 1.29 is 33.5 Å². The Labute approximate surface area is 149 Å². The summed E-state index contributed by atoms with van der Waals surface area (Å²) < 4.78 is 20.4. The van der Waals surface area contributed by atoms with Crippen molar-refractivity contribution in [2.24, 2.45) is 0 Å². The molecule has 0 unspecified atom stereocenters. The lowest BCUT2D eigenvalue weighted by Crippen LogP contribution is -2.42. The van der Waals surface area contributed by atoms with Crippen LogP contribution in [-0.4, -0.2) is 35.4 Å². The molecule has 0 radical (unpaired) electrons. The Morgan fingerprint density at radius 2 is 1.92 bits per heavy atom. The second-order valence-electron chi connectivity index (χ2n) is 6.57. The van der Waals surface area contributed by atoms with Gasteiger partial charge in [-0.05, 0) is 33.8 Å². The zero-order chi connectivity index (χ0) is 19.5. The average Bonchev–Trinajstić information content (AvgIpc) is 2.96. The summed E-state index contributed by atoms with van der Waals surface area (Å²) in [5.41, 5.74) is -0.812. The van der Waals surface area contributed by atoms with Crippen LogP contribution in [0.5, 0.6) is 11.5 Å². The Kier molecular flexibility index (Phi) is 5.53. The van der Waals surface area contributed by atoms with Crippen LogP contribution in [0.3, 0.4) is 0 Å². The van der Waals surface area contributed by atoms with Crippen molar-refractivity contribution in [2.45, 2.75) is 45.9 Å². The highest BCUT2D eigenvalue weighted by Gasteiger charge is 2.26. The van der Waals surface area contributed by atoms with E-state index < -0.39 is 28.6 Å². The van der Waals surface area contributed by atoms with Crippen molar-refractivity contribution >= 4 is 17.7 Å². The van der Waals surface area contributed by atoms with Crippen LogP contribution in [0.2, 0.25) is 0 Å². The fourth-order valence-electron chi connectivity index (χ4n) is 2.08. The van der Waals surface area contributed by atoms with Gasteiger partial charge in [0.2, 0.25) is 6.79 Å². The molecule has 1 N–H and O–H groups in total. The molecule has 1 aliphatic rings. The van der Waals surface area contributed by atoms with Gasteiger partial charge in [-0.3, -0.25) is 10.1 Å². The monoisotopic (exact) mass is 368 g/mol. The van der Waals surface area contributed by atoms with Gasteiger partial charge in [-0.1, -0.05) is 0 Å². The molecule has 0 aliphatic carbocycles. The van der Waals surface area contributed by atoms with Crippen LogP contribution in [0, 0.1) is 10.1 Å². The van der Waals surface area contributed by atoms with E-state index in [1.54, 1.807) is 20.8 Å². The topological polar surface area (TPSA) is 126 Å². The summed E-state index contributed by atoms with van der Waals surface area (Å²) in [6, 6.07) is 1.62. The number of benzene rings is 1. The van der Waals surface area contributed by atoms with Crippen molar-refractivity contribution in [3.8, 4) is 11.5 Å². The number of nitrogens with one attached hydrogen (secondary N) is 1. The maximum absolute atomic E-state index is 12.0. The molecule has 1 aromatic rings. The fourth-order valence-corrected chi connectivity index (χ4v) is 2.08. The number of alkyl carbamates (subject to hydrolysis) is 1. The molecule has 0 aromatic heterocycles. The quantitative estimate of drug-likeness (QED) is 0.476. The molecule has 1 atom stereocenters. The van der Waals surface area contributed by atoms with Crippen molar-refractivity contribution in [1.82, 2.24) is 5.32 Å². The Bertz CT molecular complexity index is 726. The Morgan fingerprint density at radius 1 is 1.31 bits per heavy atom. The number of carbonyl (C=O) groups excluding carboxylic acids is 2. The molecule has 0 saturated heterocycles. The van der Waals surface area contributed by atoms with Crippen LogP contribution in [0.4, 0.5) is 10.5 Å². The number of esters is 1. The van der Waals surface area contributed by atoms with Gasteiger partial charge >= 0.3 is 12.1 Å². The van der Waals surface area contributed by atoms with Crippen molar-refractivity contribution in [1.29, 1.82) is 0 Å². The number of hydrogen-bond donors (Lipinski definition) is 1. The van der Waals surface area contributed by atoms with E-state index in [0.717, 1.165) is 0 Å². The zero-order valence-electron chi connectivity index (χ0n) is 14.9. The van der Waals surface area contributed by atoms with Crippen LogP contribution in [0.25, 0.3) is 0 Å². The van der Waals surface area contributed by atoms with Crippen LogP contribution < -0.4 is 14.8 Å². The number of carbonyl (C=O) groups is 2. The number of rotatable bonds is 5. The number of amides is 1. The Hall–Kier alpha value is -3.04. The molecule has 1 heterocycles. The predicted molar refractivity (Wildman–Crippen MR) is 87.8 cm³/mol. The third-order valence-corrected chi connectivity index (χ3v) is 3.23. The maximum Gasteiger partial charge on any atom is 0.408 e. The number of nitrogens with zero attached hydrogens (tertiary/aromatic N) is 1. The molecule has 2 rings (SSSR count). The summed E-state index contributed by atoms with van der Waals surface area (Å²) in [6.07, 6.45) is -0.768. The first-order valence-electron chi connectivity index (χ1n) is 7.80. The van der Waals surface area contributed by atoms with Gasteiger partial charge in [0, 0.05) is 0 Å². The fraction of sp³-hybridized carbons (Fsp3) is 0.500. The number of hydrogen-bond acceptors (Lipinski definition) is 8. The van der Waals surface area contributed by atoms with Gasteiger partial charge in [0.1, 0.15) is 18.2 Å². The molecule has 1 amide bonds. The minimum Gasteiger partial charge on any atom is -0.459 e. The lowest BCUT2D eigenvalue weighted by molar-refractivity contribution is -0.385. The van der Waals surface area contributed by atoms with Gasteiger partial charge in [0.05, 0.1) is 16.6 Å². The first-order chi connectivity index (χ1) is 12.1. The Balaban J connectivity index is 1.98. The predicted octanol–water partition coefficient (Wildman–Crippen LogP) is 2.28. The van der Waals surface area contributed by atoms with Crippen LogP contribution in [0.15, 0.2) is 12.1 Å². The third kappa shape index (κ3) is 4.98. The molecule has 142 valence electrons. The summed E-state index contributed by atoms with van der Waals surface area (Å²) in [5.74, 6) is -0.170. The smallest absolute Gasteiger partial charge is 0.408 e. The number of nitro benzene ring substituents is 1. The third-order valence-electron chi connectivity index (χ3n) is 3.23. The van der Waals surface area contributed by atoms with Gasteiger partial charge < -0.3 is 24.3 Å². The van der Waals surface area contributed by atoms with Crippen molar-refractivity contribution in [3.63, 3.8) is 0 Å². The second-order valence-corrected chi connectivity index (χ2v) is 6.57. The van der Waals surface area contributed by atoms with Gasteiger partial charge in [-0.25, -0.2) is 9.59 Å². The average molecular weight is 368 g/mol. The number of ether oxygens (including phenoxy) is 4. The minimum absolute atomic E-state index is 0.0351. The minimum atomic E-state index is -0.988. The van der Waals surface area contributed by atoms with E-state index in [1.807, 2.05) is 0 Å². The first-order valence-corrected chi connectivity index (χ1v) is 7.80. The zero-order valence-corrected chi connectivity index (χ0v) is 14.9. The molecule has 0 saturated carbocycles. The summed E-state index contributed by atoms with van der Waals surface area (Å²) in [7, 11) is 0. The van der Waals surface area contributed by atoms with Crippen LogP contribution in [-0.2, 0) is 20.9 Å². The van der Waals surface area contributed by atoms with Crippen LogP contribution >= 0.6 is 0 Å². The molecule has 0 bridgehead atoms.